The van der Waals surface area contributed by atoms with Crippen molar-refractivity contribution in [3.63, 3.8) is 0 Å². The van der Waals surface area contributed by atoms with Gasteiger partial charge in [0.25, 0.3) is 0 Å². The van der Waals surface area contributed by atoms with Gasteiger partial charge in [0.05, 0.1) is 12.1 Å². The predicted octanol–water partition coefficient (Wildman–Crippen LogP) is 8.71. The van der Waals surface area contributed by atoms with Crippen molar-refractivity contribution >= 4 is 17.6 Å². The molecule has 46 heavy (non-hydrogen) atoms. The first-order valence-corrected chi connectivity index (χ1v) is 13.2. The van der Waals surface area contributed by atoms with Crippen LogP contribution in [0.4, 0.5) is 27.6 Å². The molecule has 0 aliphatic heterocycles. The van der Waals surface area contributed by atoms with E-state index in [-0.39, 0.29) is 22.6 Å². The molecule has 0 saturated heterocycles. The second-order valence-corrected chi connectivity index (χ2v) is 9.69. The summed E-state index contributed by atoms with van der Waals surface area (Å²) in [5.74, 6) is -7.57. The molecule has 5 aromatic rings. The zero-order chi connectivity index (χ0) is 33.0. The summed E-state index contributed by atoms with van der Waals surface area (Å²) in [6.45, 7) is 6.99. The zero-order valence-corrected chi connectivity index (χ0v) is 23.3. The van der Waals surface area contributed by atoms with Crippen molar-refractivity contribution in [2.24, 2.45) is 0 Å². The molecule has 0 radical (unpaired) electrons. The smallest absolute Gasteiger partial charge is 0.322 e. The lowest BCUT2D eigenvalue weighted by atomic mass is 9.97. The lowest BCUT2D eigenvalue weighted by Crippen LogP contribution is -2.18. The van der Waals surface area contributed by atoms with Gasteiger partial charge in [0.1, 0.15) is 58.6 Å². The summed E-state index contributed by atoms with van der Waals surface area (Å²) in [5.41, 5.74) is -0.492. The van der Waals surface area contributed by atoms with Crippen molar-refractivity contribution in [1.82, 2.24) is 0 Å². The van der Waals surface area contributed by atoms with Gasteiger partial charge in [-0.1, -0.05) is 36.4 Å². The van der Waals surface area contributed by atoms with Gasteiger partial charge in [-0.05, 0) is 70.8 Å². The minimum absolute atomic E-state index is 0.00211. The molecular weight excluding hydrogens is 607 g/mol. The van der Waals surface area contributed by atoms with E-state index in [1.54, 1.807) is 24.3 Å². The molecule has 5 rings (SSSR count). The van der Waals surface area contributed by atoms with Crippen molar-refractivity contribution < 1.29 is 41.0 Å². The summed E-state index contributed by atoms with van der Waals surface area (Å²) >= 11 is 0. The molecule has 11 heteroatoms. The summed E-state index contributed by atoms with van der Waals surface area (Å²) in [5, 5.41) is 8.81. The minimum Gasteiger partial charge on any atom is -0.426 e. The number of carbonyl (C=O) groups is 2. The molecule has 0 unspecified atom stereocenters. The Bertz CT molecular complexity index is 2040. The van der Waals surface area contributed by atoms with Gasteiger partial charge < -0.3 is 9.47 Å². The normalized spacial score (nSPS) is 10.5. The molecule has 0 saturated carbocycles. The fourth-order valence-electron chi connectivity index (χ4n) is 4.52. The van der Waals surface area contributed by atoms with E-state index in [0.29, 0.717) is 28.9 Å². The van der Waals surface area contributed by atoms with E-state index in [2.05, 4.69) is 4.85 Å². The molecule has 0 atom stereocenters. The minimum atomic E-state index is -1.26. The number of nitriles is 1. The van der Waals surface area contributed by atoms with Crippen LogP contribution in [0.25, 0.3) is 38.2 Å². The van der Waals surface area contributed by atoms with Crippen molar-refractivity contribution in [3.05, 3.63) is 137 Å². The highest BCUT2D eigenvalue weighted by Gasteiger charge is 2.20. The fourth-order valence-corrected chi connectivity index (χ4v) is 4.52. The molecule has 0 aromatic heterocycles. The molecule has 0 spiro atoms. The van der Waals surface area contributed by atoms with Gasteiger partial charge in [-0.2, -0.15) is 5.26 Å². The van der Waals surface area contributed by atoms with E-state index < -0.39 is 64.1 Å². The monoisotopic (exact) mass is 624 g/mol. The van der Waals surface area contributed by atoms with Crippen molar-refractivity contribution in [1.29, 1.82) is 5.26 Å². The third-order valence-corrected chi connectivity index (χ3v) is 6.67. The van der Waals surface area contributed by atoms with E-state index in [0.717, 1.165) is 18.2 Å². The Labute approximate surface area is 258 Å². The van der Waals surface area contributed by atoms with E-state index in [9.17, 15) is 31.5 Å². The number of carbonyl (C=O) groups excluding carboxylic acids is 2. The molecular formula is C35H17F5N2O4. The molecule has 0 aliphatic rings. The summed E-state index contributed by atoms with van der Waals surface area (Å²) in [6.07, 6.45) is -0.808. The van der Waals surface area contributed by atoms with Crippen LogP contribution in [-0.2, 0) is 9.59 Å². The van der Waals surface area contributed by atoms with E-state index in [1.165, 1.54) is 42.5 Å². The Morgan fingerprint density at radius 2 is 1.15 bits per heavy atom. The summed E-state index contributed by atoms with van der Waals surface area (Å²) in [4.78, 5) is 27.8. The average molecular weight is 625 g/mol. The predicted molar refractivity (Wildman–Crippen MR) is 156 cm³/mol. The number of ether oxygens (including phenoxy) is 2. The Morgan fingerprint density at radius 3 is 1.70 bits per heavy atom. The van der Waals surface area contributed by atoms with Gasteiger partial charge in [0.2, 0.25) is 0 Å². The third kappa shape index (κ3) is 6.74. The SMILES string of the molecule is [C-]#[N+]c1ccc(-c2ccc(OC(=O)CC(=O)Oc3ccc(-c4cc(F)c(-c5cc(F)c(C#N)c(F)c5)c(F)c4)cc3)cc2F)cc1. The molecule has 0 aliphatic carbocycles. The first-order valence-electron chi connectivity index (χ1n) is 13.2. The third-order valence-electron chi connectivity index (χ3n) is 6.67. The summed E-state index contributed by atoms with van der Waals surface area (Å²) < 4.78 is 82.7. The van der Waals surface area contributed by atoms with Crippen LogP contribution in [0.2, 0.25) is 0 Å². The van der Waals surface area contributed by atoms with Crippen LogP contribution in [0.1, 0.15) is 12.0 Å². The number of esters is 2. The number of nitrogens with zero attached hydrogens (tertiary/aromatic N) is 2. The van der Waals surface area contributed by atoms with Crippen LogP contribution in [-0.4, -0.2) is 11.9 Å². The van der Waals surface area contributed by atoms with Gasteiger partial charge in [-0.3, -0.25) is 9.59 Å². The number of halogens is 5. The average Bonchev–Trinajstić information content (AvgIpc) is 3.01. The Kier molecular flexibility index (Phi) is 8.87. The van der Waals surface area contributed by atoms with E-state index in [4.69, 9.17) is 21.3 Å². The van der Waals surface area contributed by atoms with Crippen LogP contribution < -0.4 is 9.47 Å². The second kappa shape index (κ2) is 13.1. The largest absolute Gasteiger partial charge is 0.426 e. The summed E-state index contributed by atoms with van der Waals surface area (Å²) in [6, 6.07) is 19.9. The Balaban J connectivity index is 1.21. The topological polar surface area (TPSA) is 80.8 Å². The summed E-state index contributed by atoms with van der Waals surface area (Å²) in [7, 11) is 0. The highest BCUT2D eigenvalue weighted by molar-refractivity contribution is 5.93. The standard InChI is InChI=1S/C35H17F5N2O4/c1-42-23-6-2-20(3-7-23)26-11-10-25(16-30(26)38)46-34(44)17-33(43)45-24-8-4-19(5-9-24)21-12-31(39)35(32(40)13-21)22-14-28(36)27(18-41)29(37)15-22/h2-16H,17H2. The van der Waals surface area contributed by atoms with Gasteiger partial charge in [-0.15, -0.1) is 0 Å². The van der Waals surface area contributed by atoms with E-state index >= 15 is 0 Å². The van der Waals surface area contributed by atoms with Crippen molar-refractivity contribution in [3.8, 4) is 50.9 Å². The Morgan fingerprint density at radius 1 is 0.630 bits per heavy atom. The van der Waals surface area contributed by atoms with Crippen molar-refractivity contribution in [2.75, 3.05) is 0 Å². The molecule has 0 fully saturated rings. The lowest BCUT2D eigenvalue weighted by Gasteiger charge is -2.11. The molecule has 0 N–H and O–H groups in total. The zero-order valence-electron chi connectivity index (χ0n) is 23.3. The lowest BCUT2D eigenvalue weighted by molar-refractivity contribution is -0.144. The van der Waals surface area contributed by atoms with E-state index in [1.807, 2.05) is 0 Å². The Hall–Kier alpha value is -6.33. The van der Waals surface area contributed by atoms with Gasteiger partial charge >= 0.3 is 11.9 Å². The highest BCUT2D eigenvalue weighted by atomic mass is 19.1. The molecule has 5 aromatic carbocycles. The van der Waals surface area contributed by atoms with Gasteiger partial charge in [-0.25, -0.2) is 26.8 Å². The molecule has 0 amide bonds. The van der Waals surface area contributed by atoms with Crippen LogP contribution in [0.3, 0.4) is 0 Å². The number of benzene rings is 5. The maximum absolute atomic E-state index is 14.9. The number of hydrogen-bond donors (Lipinski definition) is 0. The maximum Gasteiger partial charge on any atom is 0.322 e. The second-order valence-electron chi connectivity index (χ2n) is 9.69. The molecule has 0 heterocycles. The van der Waals surface area contributed by atoms with Crippen LogP contribution in [0.15, 0.2) is 91.0 Å². The first-order chi connectivity index (χ1) is 22.1. The number of rotatable bonds is 7. The molecule has 226 valence electrons. The fraction of sp³-hybridized carbons (Fsp3) is 0.0286. The van der Waals surface area contributed by atoms with Gasteiger partial charge in [0.15, 0.2) is 5.69 Å². The maximum atomic E-state index is 14.9. The number of hydrogen-bond acceptors (Lipinski definition) is 5. The van der Waals surface area contributed by atoms with Gasteiger partial charge in [0, 0.05) is 11.6 Å². The molecule has 6 nitrogen and oxygen atoms in total. The highest BCUT2D eigenvalue weighted by Crippen LogP contribution is 2.33. The quantitative estimate of drug-likeness (QED) is 0.0595. The van der Waals surface area contributed by atoms with Crippen molar-refractivity contribution in [2.45, 2.75) is 6.42 Å². The molecule has 0 bridgehead atoms. The van der Waals surface area contributed by atoms with Crippen LogP contribution >= 0.6 is 0 Å². The van der Waals surface area contributed by atoms with Crippen LogP contribution in [0, 0.1) is 47.0 Å². The van der Waals surface area contributed by atoms with Crippen LogP contribution in [0.5, 0.6) is 11.5 Å². The first kappa shape index (κ1) is 31.1.